The van der Waals surface area contributed by atoms with Gasteiger partial charge in [-0.15, -0.1) is 0 Å². The van der Waals surface area contributed by atoms with Crippen LogP contribution in [0, 0.1) is 5.92 Å². The summed E-state index contributed by atoms with van der Waals surface area (Å²) in [6, 6.07) is 19.9. The van der Waals surface area contributed by atoms with Crippen LogP contribution in [0.3, 0.4) is 0 Å². The minimum absolute atomic E-state index is 0.0725. The third-order valence-corrected chi connectivity index (χ3v) is 5.13. The molecule has 142 valence electrons. The van der Waals surface area contributed by atoms with Gasteiger partial charge in [0.1, 0.15) is 11.8 Å². The van der Waals surface area contributed by atoms with Crippen LogP contribution in [0.4, 0.5) is 5.69 Å². The van der Waals surface area contributed by atoms with Crippen molar-refractivity contribution in [3.05, 3.63) is 89.3 Å². The standard InChI is InChI=1S/C22H19ClN2O3/c23-17-8-10-18(11-9-17)25-14-16(13-20(25)26)22(27)24-21(19-7-4-12-28-19)15-5-2-1-3-6-15/h1-12,16,21H,13-14H2,(H,24,27)/t16-,21-/m0/s1. The lowest BCUT2D eigenvalue weighted by atomic mass is 10.0. The first-order valence-corrected chi connectivity index (χ1v) is 9.44. The maximum Gasteiger partial charge on any atom is 0.227 e. The number of rotatable bonds is 5. The molecular weight excluding hydrogens is 376 g/mol. The second-order valence-electron chi connectivity index (χ2n) is 6.75. The van der Waals surface area contributed by atoms with E-state index in [1.807, 2.05) is 36.4 Å². The molecule has 1 aromatic heterocycles. The zero-order valence-electron chi connectivity index (χ0n) is 15.0. The third-order valence-electron chi connectivity index (χ3n) is 4.88. The van der Waals surface area contributed by atoms with Crippen molar-refractivity contribution in [2.75, 3.05) is 11.4 Å². The van der Waals surface area contributed by atoms with Crippen LogP contribution >= 0.6 is 11.6 Å². The Hall–Kier alpha value is -3.05. The first kappa shape index (κ1) is 18.3. The molecule has 0 saturated carbocycles. The normalized spacial score (nSPS) is 17.5. The second kappa shape index (κ2) is 7.90. The van der Waals surface area contributed by atoms with E-state index in [9.17, 15) is 9.59 Å². The maximum atomic E-state index is 12.9. The Morgan fingerprint density at radius 1 is 1.07 bits per heavy atom. The van der Waals surface area contributed by atoms with E-state index in [4.69, 9.17) is 16.0 Å². The highest BCUT2D eigenvalue weighted by atomic mass is 35.5. The molecule has 2 amide bonds. The number of amides is 2. The topological polar surface area (TPSA) is 62.6 Å². The van der Waals surface area contributed by atoms with Gasteiger partial charge in [0.25, 0.3) is 0 Å². The lowest BCUT2D eigenvalue weighted by Crippen LogP contribution is -2.36. The first-order valence-electron chi connectivity index (χ1n) is 9.06. The number of furan rings is 1. The Morgan fingerprint density at radius 2 is 1.82 bits per heavy atom. The maximum absolute atomic E-state index is 12.9. The molecule has 5 nitrogen and oxygen atoms in total. The van der Waals surface area contributed by atoms with Crippen molar-refractivity contribution in [3.63, 3.8) is 0 Å². The van der Waals surface area contributed by atoms with E-state index in [0.717, 1.165) is 11.3 Å². The molecule has 2 heterocycles. The van der Waals surface area contributed by atoms with E-state index >= 15 is 0 Å². The Kier molecular flexibility index (Phi) is 5.17. The Labute approximate surface area is 167 Å². The van der Waals surface area contributed by atoms with Crippen LogP contribution in [0.1, 0.15) is 23.8 Å². The molecule has 0 bridgehead atoms. The quantitative estimate of drug-likeness (QED) is 0.705. The van der Waals surface area contributed by atoms with Gasteiger partial charge in [-0.05, 0) is 42.0 Å². The molecule has 0 radical (unpaired) electrons. The van der Waals surface area contributed by atoms with Crippen molar-refractivity contribution >= 4 is 29.1 Å². The van der Waals surface area contributed by atoms with Crippen LogP contribution in [-0.2, 0) is 9.59 Å². The summed E-state index contributed by atoms with van der Waals surface area (Å²) in [6.07, 6.45) is 1.76. The van der Waals surface area contributed by atoms with Crippen molar-refractivity contribution in [1.82, 2.24) is 5.32 Å². The van der Waals surface area contributed by atoms with Crippen molar-refractivity contribution in [2.24, 2.45) is 5.92 Å². The molecular formula is C22H19ClN2O3. The van der Waals surface area contributed by atoms with Crippen molar-refractivity contribution in [1.29, 1.82) is 0 Å². The van der Waals surface area contributed by atoms with E-state index in [-0.39, 0.29) is 18.2 Å². The van der Waals surface area contributed by atoms with Crippen LogP contribution in [0.15, 0.2) is 77.4 Å². The molecule has 0 unspecified atom stereocenters. The van der Waals surface area contributed by atoms with Crippen LogP contribution in [0.25, 0.3) is 0 Å². The highest BCUT2D eigenvalue weighted by Crippen LogP contribution is 2.28. The zero-order chi connectivity index (χ0) is 19.5. The lowest BCUT2D eigenvalue weighted by molar-refractivity contribution is -0.126. The number of nitrogens with zero attached hydrogens (tertiary/aromatic N) is 1. The number of hydrogen-bond acceptors (Lipinski definition) is 3. The molecule has 1 fully saturated rings. The van der Waals surface area contributed by atoms with Gasteiger partial charge >= 0.3 is 0 Å². The van der Waals surface area contributed by atoms with Gasteiger partial charge in [-0.25, -0.2) is 0 Å². The number of nitrogens with one attached hydrogen (secondary N) is 1. The summed E-state index contributed by atoms with van der Waals surface area (Å²) >= 11 is 5.92. The van der Waals surface area contributed by atoms with E-state index in [2.05, 4.69) is 5.32 Å². The molecule has 1 aliphatic rings. The van der Waals surface area contributed by atoms with Gasteiger partial charge in [-0.3, -0.25) is 9.59 Å². The summed E-state index contributed by atoms with van der Waals surface area (Å²) < 4.78 is 5.53. The number of carbonyl (C=O) groups excluding carboxylic acids is 2. The van der Waals surface area contributed by atoms with Crippen molar-refractivity contribution in [2.45, 2.75) is 12.5 Å². The van der Waals surface area contributed by atoms with Crippen LogP contribution in [0.2, 0.25) is 5.02 Å². The number of anilines is 1. The average Bonchev–Trinajstić information content (AvgIpc) is 3.37. The summed E-state index contributed by atoms with van der Waals surface area (Å²) in [7, 11) is 0. The highest BCUT2D eigenvalue weighted by Gasteiger charge is 2.36. The Bertz CT molecular complexity index is 955. The van der Waals surface area contributed by atoms with Gasteiger partial charge in [0.2, 0.25) is 11.8 Å². The Morgan fingerprint density at radius 3 is 2.50 bits per heavy atom. The van der Waals surface area contributed by atoms with Crippen LogP contribution in [0.5, 0.6) is 0 Å². The first-order chi connectivity index (χ1) is 13.6. The van der Waals surface area contributed by atoms with E-state index in [1.165, 1.54) is 0 Å². The predicted octanol–water partition coefficient (Wildman–Crippen LogP) is 4.19. The van der Waals surface area contributed by atoms with Gasteiger partial charge in [-0.1, -0.05) is 41.9 Å². The minimum Gasteiger partial charge on any atom is -0.467 e. The minimum atomic E-state index is -0.427. The third kappa shape index (κ3) is 3.80. The largest absolute Gasteiger partial charge is 0.467 e. The smallest absolute Gasteiger partial charge is 0.227 e. The van der Waals surface area contributed by atoms with Gasteiger partial charge in [0.15, 0.2) is 0 Å². The highest BCUT2D eigenvalue weighted by molar-refractivity contribution is 6.30. The number of halogens is 1. The summed E-state index contributed by atoms with van der Waals surface area (Å²) in [6.45, 7) is 0.339. The van der Waals surface area contributed by atoms with E-state index in [0.29, 0.717) is 17.3 Å². The van der Waals surface area contributed by atoms with E-state index < -0.39 is 12.0 Å². The second-order valence-corrected chi connectivity index (χ2v) is 7.19. The van der Waals surface area contributed by atoms with Gasteiger partial charge in [0, 0.05) is 23.7 Å². The number of hydrogen-bond donors (Lipinski definition) is 1. The molecule has 2 aromatic carbocycles. The summed E-state index contributed by atoms with van der Waals surface area (Å²) in [5.41, 5.74) is 1.67. The molecule has 28 heavy (non-hydrogen) atoms. The predicted molar refractivity (Wildman–Crippen MR) is 107 cm³/mol. The fourth-order valence-corrected chi connectivity index (χ4v) is 3.56. The number of benzene rings is 2. The summed E-state index contributed by atoms with van der Waals surface area (Å²) in [4.78, 5) is 27.0. The SMILES string of the molecule is O=C(N[C@@H](c1ccccc1)c1ccco1)[C@H]1CC(=O)N(c2ccc(Cl)cc2)C1. The molecule has 2 atom stereocenters. The average molecular weight is 395 g/mol. The van der Waals surface area contributed by atoms with Crippen LogP contribution < -0.4 is 10.2 Å². The fraction of sp³-hybridized carbons (Fsp3) is 0.182. The lowest BCUT2D eigenvalue weighted by Gasteiger charge is -2.20. The van der Waals surface area contributed by atoms with Crippen molar-refractivity contribution < 1.29 is 14.0 Å². The molecule has 1 N–H and O–H groups in total. The van der Waals surface area contributed by atoms with E-state index in [1.54, 1.807) is 41.5 Å². The summed E-state index contributed by atoms with van der Waals surface area (Å²) in [5, 5.41) is 3.65. The van der Waals surface area contributed by atoms with Crippen LogP contribution in [-0.4, -0.2) is 18.4 Å². The monoisotopic (exact) mass is 394 g/mol. The Balaban J connectivity index is 1.51. The zero-order valence-corrected chi connectivity index (χ0v) is 15.8. The van der Waals surface area contributed by atoms with Gasteiger partial charge in [0.05, 0.1) is 12.2 Å². The molecule has 1 aliphatic heterocycles. The fourth-order valence-electron chi connectivity index (χ4n) is 3.43. The molecule has 1 saturated heterocycles. The van der Waals surface area contributed by atoms with Gasteiger partial charge in [-0.2, -0.15) is 0 Å². The molecule has 4 rings (SSSR count). The summed E-state index contributed by atoms with van der Waals surface area (Å²) in [5.74, 6) is -0.0189. The molecule has 0 aliphatic carbocycles. The molecule has 3 aromatic rings. The van der Waals surface area contributed by atoms with Gasteiger partial charge < -0.3 is 14.6 Å². The molecule has 6 heteroatoms. The number of carbonyl (C=O) groups is 2. The molecule has 0 spiro atoms. The van der Waals surface area contributed by atoms with Crippen molar-refractivity contribution in [3.8, 4) is 0 Å².